The van der Waals surface area contributed by atoms with Crippen molar-refractivity contribution >= 4 is 5.97 Å². The van der Waals surface area contributed by atoms with Crippen molar-refractivity contribution in [3.63, 3.8) is 0 Å². The lowest BCUT2D eigenvalue weighted by molar-refractivity contribution is -0.138. The van der Waals surface area contributed by atoms with Crippen LogP contribution in [0.3, 0.4) is 0 Å². The predicted octanol–water partition coefficient (Wildman–Crippen LogP) is 4.78. The number of hydrogen-bond acceptors (Lipinski definition) is 2. The fourth-order valence-electron chi connectivity index (χ4n) is 2.41. The summed E-state index contributed by atoms with van der Waals surface area (Å²) in [6, 6.07) is 0. The van der Waals surface area contributed by atoms with E-state index in [1.54, 1.807) is 0 Å². The number of allylic oxidation sites excluding steroid dienone is 1. The van der Waals surface area contributed by atoms with Gasteiger partial charge in [-0.05, 0) is 19.8 Å². The van der Waals surface area contributed by atoms with Crippen LogP contribution in [0.2, 0.25) is 0 Å². The highest BCUT2D eigenvalue weighted by Gasteiger charge is 2.24. The molecular formula is C16H28O2. The highest BCUT2D eigenvalue weighted by atomic mass is 16.5. The van der Waals surface area contributed by atoms with Gasteiger partial charge >= 0.3 is 5.97 Å². The van der Waals surface area contributed by atoms with E-state index in [1.165, 1.54) is 51.4 Å². The number of carbonyl (C=O) groups excluding carboxylic acids is 1. The second-order valence-corrected chi connectivity index (χ2v) is 5.41. The third-order valence-corrected chi connectivity index (χ3v) is 3.53. The third-order valence-electron chi connectivity index (χ3n) is 3.53. The molecule has 1 heterocycles. The highest BCUT2D eigenvalue weighted by Crippen LogP contribution is 2.21. The van der Waals surface area contributed by atoms with Gasteiger partial charge in [-0.15, -0.1) is 0 Å². The standard InChI is InChI=1S/C16H28O2/c1-3-4-5-6-7-8-9-10-11-12-15-13-14(2)18-16(15)17/h12,14H,3-11,13H2,1-2H3/b15-12-. The van der Waals surface area contributed by atoms with Crippen molar-refractivity contribution in [2.75, 3.05) is 0 Å². The van der Waals surface area contributed by atoms with E-state index in [9.17, 15) is 4.79 Å². The second-order valence-electron chi connectivity index (χ2n) is 5.41. The molecule has 1 unspecified atom stereocenters. The van der Waals surface area contributed by atoms with Gasteiger partial charge in [-0.25, -0.2) is 4.79 Å². The number of rotatable bonds is 9. The topological polar surface area (TPSA) is 26.3 Å². The molecule has 0 aromatic carbocycles. The van der Waals surface area contributed by atoms with Crippen LogP contribution < -0.4 is 0 Å². The Morgan fingerprint density at radius 3 is 2.28 bits per heavy atom. The minimum absolute atomic E-state index is 0.0855. The van der Waals surface area contributed by atoms with Crippen molar-refractivity contribution in [2.24, 2.45) is 0 Å². The van der Waals surface area contributed by atoms with Crippen LogP contribution in [-0.2, 0) is 9.53 Å². The molecule has 0 N–H and O–H groups in total. The summed E-state index contributed by atoms with van der Waals surface area (Å²) >= 11 is 0. The maximum absolute atomic E-state index is 11.4. The third kappa shape index (κ3) is 6.23. The Labute approximate surface area is 112 Å². The van der Waals surface area contributed by atoms with Crippen molar-refractivity contribution in [3.05, 3.63) is 11.6 Å². The first-order valence-electron chi connectivity index (χ1n) is 7.64. The minimum Gasteiger partial charge on any atom is -0.459 e. The molecule has 0 radical (unpaired) electrons. The smallest absolute Gasteiger partial charge is 0.334 e. The molecule has 2 nitrogen and oxygen atoms in total. The molecule has 18 heavy (non-hydrogen) atoms. The Morgan fingerprint density at radius 2 is 1.72 bits per heavy atom. The van der Waals surface area contributed by atoms with Gasteiger partial charge in [0.05, 0.1) is 0 Å². The molecule has 1 aliphatic heterocycles. The van der Waals surface area contributed by atoms with Gasteiger partial charge in [-0.3, -0.25) is 0 Å². The van der Waals surface area contributed by atoms with Crippen LogP contribution in [0, 0.1) is 0 Å². The molecule has 104 valence electrons. The van der Waals surface area contributed by atoms with Crippen molar-refractivity contribution in [3.8, 4) is 0 Å². The van der Waals surface area contributed by atoms with Crippen molar-refractivity contribution in [1.29, 1.82) is 0 Å². The van der Waals surface area contributed by atoms with Crippen molar-refractivity contribution < 1.29 is 9.53 Å². The summed E-state index contributed by atoms with van der Waals surface area (Å²) in [5, 5.41) is 0. The van der Waals surface area contributed by atoms with E-state index in [4.69, 9.17) is 4.74 Å². The van der Waals surface area contributed by atoms with Crippen LogP contribution in [0.25, 0.3) is 0 Å². The maximum atomic E-state index is 11.4. The molecule has 1 atom stereocenters. The lowest BCUT2D eigenvalue weighted by Gasteiger charge is -2.00. The summed E-state index contributed by atoms with van der Waals surface area (Å²) in [5.74, 6) is -0.0953. The highest BCUT2D eigenvalue weighted by molar-refractivity contribution is 5.90. The van der Waals surface area contributed by atoms with E-state index in [0.717, 1.165) is 18.4 Å². The van der Waals surface area contributed by atoms with Gasteiger partial charge < -0.3 is 4.74 Å². The van der Waals surface area contributed by atoms with Gasteiger partial charge in [0.1, 0.15) is 6.10 Å². The van der Waals surface area contributed by atoms with Crippen LogP contribution >= 0.6 is 0 Å². The SMILES string of the molecule is CCCCCCCCCC/C=C1/CC(C)OC1=O. The molecule has 0 saturated carbocycles. The summed E-state index contributed by atoms with van der Waals surface area (Å²) < 4.78 is 5.10. The second kappa shape index (κ2) is 9.18. The van der Waals surface area contributed by atoms with Crippen LogP contribution in [0.1, 0.15) is 78.1 Å². The van der Waals surface area contributed by atoms with E-state index in [1.807, 2.05) is 6.92 Å². The normalized spacial score (nSPS) is 21.6. The first-order valence-corrected chi connectivity index (χ1v) is 7.64. The van der Waals surface area contributed by atoms with Crippen LogP contribution in [0.5, 0.6) is 0 Å². The van der Waals surface area contributed by atoms with Crippen LogP contribution in [-0.4, -0.2) is 12.1 Å². The summed E-state index contributed by atoms with van der Waals surface area (Å²) in [6.07, 6.45) is 14.7. The van der Waals surface area contributed by atoms with Crippen LogP contribution in [0.4, 0.5) is 0 Å². The number of unbranched alkanes of at least 4 members (excludes halogenated alkanes) is 8. The zero-order chi connectivity index (χ0) is 13.2. The largest absolute Gasteiger partial charge is 0.459 e. The summed E-state index contributed by atoms with van der Waals surface area (Å²) in [6.45, 7) is 4.21. The average Bonchev–Trinajstić information content (AvgIpc) is 2.66. The zero-order valence-electron chi connectivity index (χ0n) is 12.0. The Hall–Kier alpha value is -0.790. The van der Waals surface area contributed by atoms with E-state index in [2.05, 4.69) is 13.0 Å². The van der Waals surface area contributed by atoms with Crippen molar-refractivity contribution in [2.45, 2.75) is 84.2 Å². The predicted molar refractivity (Wildman–Crippen MR) is 75.5 cm³/mol. The van der Waals surface area contributed by atoms with Gasteiger partial charge in [0.2, 0.25) is 0 Å². The number of cyclic esters (lactones) is 1. The molecule has 0 aliphatic carbocycles. The van der Waals surface area contributed by atoms with E-state index in [-0.39, 0.29) is 12.1 Å². The number of ether oxygens (including phenoxy) is 1. The van der Waals surface area contributed by atoms with Gasteiger partial charge in [-0.2, -0.15) is 0 Å². The Balaban J connectivity index is 1.95. The molecule has 0 aromatic rings. The molecule has 0 spiro atoms. The summed E-state index contributed by atoms with van der Waals surface area (Å²) in [7, 11) is 0. The Morgan fingerprint density at radius 1 is 1.11 bits per heavy atom. The van der Waals surface area contributed by atoms with Gasteiger partial charge in [0.15, 0.2) is 0 Å². The Bertz CT molecular complexity index is 268. The van der Waals surface area contributed by atoms with E-state index in [0.29, 0.717) is 0 Å². The Kier molecular flexibility index (Phi) is 7.79. The molecule has 1 rings (SSSR count). The fraction of sp³-hybridized carbons (Fsp3) is 0.812. The monoisotopic (exact) mass is 252 g/mol. The fourth-order valence-corrected chi connectivity index (χ4v) is 2.41. The average molecular weight is 252 g/mol. The number of carbonyl (C=O) groups is 1. The molecule has 1 fully saturated rings. The molecule has 0 amide bonds. The molecule has 0 aromatic heterocycles. The van der Waals surface area contributed by atoms with Gasteiger partial charge in [0, 0.05) is 12.0 Å². The number of hydrogen-bond donors (Lipinski definition) is 0. The molecular weight excluding hydrogens is 224 g/mol. The minimum atomic E-state index is -0.0953. The maximum Gasteiger partial charge on any atom is 0.334 e. The van der Waals surface area contributed by atoms with Gasteiger partial charge in [-0.1, -0.05) is 57.9 Å². The molecule has 1 saturated heterocycles. The van der Waals surface area contributed by atoms with E-state index >= 15 is 0 Å². The molecule has 0 bridgehead atoms. The molecule has 2 heteroatoms. The van der Waals surface area contributed by atoms with E-state index < -0.39 is 0 Å². The lowest BCUT2D eigenvalue weighted by atomic mass is 10.1. The van der Waals surface area contributed by atoms with Crippen LogP contribution in [0.15, 0.2) is 11.6 Å². The zero-order valence-corrected chi connectivity index (χ0v) is 12.0. The lowest BCUT2D eigenvalue weighted by Crippen LogP contribution is -1.99. The molecule has 1 aliphatic rings. The summed E-state index contributed by atoms with van der Waals surface area (Å²) in [4.78, 5) is 11.4. The van der Waals surface area contributed by atoms with Crippen molar-refractivity contribution in [1.82, 2.24) is 0 Å². The first kappa shape index (κ1) is 15.3. The van der Waals surface area contributed by atoms with Gasteiger partial charge in [0.25, 0.3) is 0 Å². The summed E-state index contributed by atoms with van der Waals surface area (Å²) in [5.41, 5.74) is 0.894. The first-order chi connectivity index (χ1) is 8.74. The quantitative estimate of drug-likeness (QED) is 0.335. The number of esters is 1.